The Morgan fingerprint density at radius 2 is 1.61 bits per heavy atom. The Morgan fingerprint density at radius 3 is 2.61 bits per heavy atom. The van der Waals surface area contributed by atoms with Crippen LogP contribution in [0.25, 0.3) is 33.2 Å². The van der Waals surface area contributed by atoms with E-state index in [2.05, 4.69) is 21.0 Å². The molecule has 84 valence electrons. The number of nitrogens with zero attached hydrogens (tertiary/aromatic N) is 3. The Kier molecular flexibility index (Phi) is 1.83. The van der Waals surface area contributed by atoms with Crippen LogP contribution in [-0.2, 0) is 0 Å². The van der Waals surface area contributed by atoms with Gasteiger partial charge in [0, 0.05) is 28.7 Å². The molecule has 0 amide bonds. The highest BCUT2D eigenvalue weighted by molar-refractivity contribution is 6.04. The van der Waals surface area contributed by atoms with Gasteiger partial charge >= 0.3 is 0 Å². The van der Waals surface area contributed by atoms with Crippen LogP contribution < -0.4 is 0 Å². The Balaban J connectivity index is 2.28. The summed E-state index contributed by atoms with van der Waals surface area (Å²) in [4.78, 5) is 13.4. The lowest BCUT2D eigenvalue weighted by atomic mass is 10.1. The largest absolute Gasteiger partial charge is 0.256 e. The van der Waals surface area contributed by atoms with Gasteiger partial charge in [0.15, 0.2) is 5.65 Å². The normalized spacial score (nSPS) is 11.3. The lowest BCUT2D eigenvalue weighted by molar-refractivity contribution is 1.33. The molecule has 1 aromatic heterocycles. The molecule has 2 aromatic rings. The predicted molar refractivity (Wildman–Crippen MR) is 71.5 cm³/mol. The second-order valence-electron chi connectivity index (χ2n) is 4.21. The zero-order valence-corrected chi connectivity index (χ0v) is 9.54. The highest BCUT2D eigenvalue weighted by Crippen LogP contribution is 2.33. The second kappa shape index (κ2) is 3.47. The zero-order chi connectivity index (χ0) is 11.9. The first kappa shape index (κ1) is 9.48. The van der Waals surface area contributed by atoms with Gasteiger partial charge in [0.2, 0.25) is 0 Å². The number of hydrogen-bond acceptors (Lipinski definition) is 3. The highest BCUT2D eigenvalue weighted by atomic mass is 14.9. The maximum atomic E-state index is 4.63. The van der Waals surface area contributed by atoms with Gasteiger partial charge in [0.1, 0.15) is 0 Å². The van der Waals surface area contributed by atoms with E-state index in [-0.39, 0.29) is 0 Å². The Hall–Kier alpha value is -2.55. The molecule has 2 aliphatic rings. The van der Waals surface area contributed by atoms with Crippen molar-refractivity contribution in [2.75, 3.05) is 0 Å². The molecule has 0 spiro atoms. The van der Waals surface area contributed by atoms with Crippen molar-refractivity contribution in [2.45, 2.75) is 0 Å². The Bertz CT molecular complexity index is 839. The molecule has 0 bridgehead atoms. The van der Waals surface area contributed by atoms with Crippen molar-refractivity contribution in [3.63, 3.8) is 0 Å². The van der Waals surface area contributed by atoms with E-state index in [9.17, 15) is 0 Å². The molecule has 0 fully saturated rings. The third kappa shape index (κ3) is 1.21. The fraction of sp³-hybridized carbons (Fsp3) is 0. The van der Waals surface area contributed by atoms with E-state index in [4.69, 9.17) is 0 Å². The monoisotopic (exact) mass is 231 g/mol. The van der Waals surface area contributed by atoms with E-state index < -0.39 is 0 Å². The average Bonchev–Trinajstić information content (AvgIpc) is 2.69. The van der Waals surface area contributed by atoms with E-state index in [1.165, 1.54) is 0 Å². The minimum absolute atomic E-state index is 0.795. The Labute approximate surface area is 103 Å². The van der Waals surface area contributed by atoms with Crippen LogP contribution in [0.1, 0.15) is 0 Å². The third-order valence-corrected chi connectivity index (χ3v) is 3.16. The summed E-state index contributed by atoms with van der Waals surface area (Å²) in [5.41, 5.74) is 3.82. The Morgan fingerprint density at radius 1 is 0.722 bits per heavy atom. The number of hydrogen-bond donors (Lipinski definition) is 0. The number of fused-ring (bicyclic) bond motifs is 5. The van der Waals surface area contributed by atoms with Crippen molar-refractivity contribution in [1.82, 2.24) is 15.0 Å². The quantitative estimate of drug-likeness (QED) is 0.466. The van der Waals surface area contributed by atoms with Gasteiger partial charge in [-0.05, 0) is 24.3 Å². The summed E-state index contributed by atoms with van der Waals surface area (Å²) in [5, 5.41) is 2.14. The predicted octanol–water partition coefficient (Wildman–Crippen LogP) is 3.28. The molecule has 3 heterocycles. The minimum atomic E-state index is 0.795. The summed E-state index contributed by atoms with van der Waals surface area (Å²) in [5.74, 6) is 0. The first-order valence-corrected chi connectivity index (χ1v) is 5.82. The summed E-state index contributed by atoms with van der Waals surface area (Å²) in [7, 11) is 0. The summed E-state index contributed by atoms with van der Waals surface area (Å²) < 4.78 is 0. The molecule has 0 aliphatic carbocycles. The molecule has 0 N–H and O–H groups in total. The minimum Gasteiger partial charge on any atom is -0.256 e. The van der Waals surface area contributed by atoms with Gasteiger partial charge in [-0.25, -0.2) is 9.97 Å². The number of aromatic nitrogens is 3. The molecule has 0 unspecified atom stereocenters. The van der Waals surface area contributed by atoms with E-state index >= 15 is 0 Å². The summed E-state index contributed by atoms with van der Waals surface area (Å²) in [6, 6.07) is 14.0. The van der Waals surface area contributed by atoms with E-state index in [1.54, 1.807) is 6.20 Å². The number of para-hydroxylation sites is 1. The van der Waals surface area contributed by atoms with Crippen molar-refractivity contribution in [1.29, 1.82) is 0 Å². The van der Waals surface area contributed by atoms with E-state index in [0.29, 0.717) is 0 Å². The third-order valence-electron chi connectivity index (χ3n) is 3.16. The molecule has 4 rings (SSSR count). The van der Waals surface area contributed by atoms with Gasteiger partial charge in [-0.2, -0.15) is 0 Å². The lowest BCUT2D eigenvalue weighted by Crippen LogP contribution is -1.76. The molecule has 2 aliphatic heterocycles. The van der Waals surface area contributed by atoms with E-state index in [0.717, 1.165) is 33.2 Å². The average molecular weight is 231 g/mol. The maximum absolute atomic E-state index is 4.63. The van der Waals surface area contributed by atoms with Gasteiger partial charge < -0.3 is 0 Å². The van der Waals surface area contributed by atoms with E-state index in [1.807, 2.05) is 42.6 Å². The fourth-order valence-corrected chi connectivity index (χ4v) is 2.34. The van der Waals surface area contributed by atoms with Crippen molar-refractivity contribution in [3.05, 3.63) is 54.9 Å². The highest BCUT2D eigenvalue weighted by Gasteiger charge is 2.13. The zero-order valence-electron chi connectivity index (χ0n) is 9.54. The topological polar surface area (TPSA) is 38.7 Å². The number of pyridine rings is 1. The second-order valence-corrected chi connectivity index (χ2v) is 4.21. The van der Waals surface area contributed by atoms with Crippen LogP contribution in [0.5, 0.6) is 0 Å². The van der Waals surface area contributed by atoms with Crippen LogP contribution in [-0.4, -0.2) is 15.0 Å². The van der Waals surface area contributed by atoms with Crippen molar-refractivity contribution >= 4 is 21.9 Å². The molecule has 0 radical (unpaired) electrons. The van der Waals surface area contributed by atoms with Crippen LogP contribution >= 0.6 is 0 Å². The molecule has 1 aromatic carbocycles. The van der Waals surface area contributed by atoms with Crippen LogP contribution in [0.4, 0.5) is 0 Å². The van der Waals surface area contributed by atoms with Crippen LogP contribution in [0, 0.1) is 0 Å². The number of benzene rings is 1. The van der Waals surface area contributed by atoms with Gasteiger partial charge in [0.25, 0.3) is 0 Å². The molecule has 18 heavy (non-hydrogen) atoms. The number of rotatable bonds is 0. The first-order valence-electron chi connectivity index (χ1n) is 5.82. The molecule has 3 heteroatoms. The first-order chi connectivity index (χ1) is 8.93. The van der Waals surface area contributed by atoms with Crippen LogP contribution in [0.2, 0.25) is 0 Å². The molecule has 3 nitrogen and oxygen atoms in total. The lowest BCUT2D eigenvalue weighted by Gasteiger charge is -1.94. The van der Waals surface area contributed by atoms with Crippen molar-refractivity contribution < 1.29 is 0 Å². The molecule has 0 saturated carbocycles. The fourth-order valence-electron chi connectivity index (χ4n) is 2.34. The summed E-state index contributed by atoms with van der Waals surface area (Å²) >= 11 is 0. The van der Waals surface area contributed by atoms with Crippen LogP contribution in [0.15, 0.2) is 54.9 Å². The standard InChI is InChI=1S/C15H9N3/c1-2-6-13-12(4-1)14-10(7-9-16-13)11-5-3-8-17-15(11)18-14/h1-9H. The van der Waals surface area contributed by atoms with Crippen LogP contribution in [0.3, 0.4) is 0 Å². The molecule has 0 atom stereocenters. The molecule has 0 saturated heterocycles. The SMILES string of the molecule is c1ccc2c3nc4ncccc4c-3ccnc2c1. The van der Waals surface area contributed by atoms with Gasteiger partial charge in [-0.3, -0.25) is 4.98 Å². The van der Waals surface area contributed by atoms with Crippen molar-refractivity contribution in [3.8, 4) is 11.3 Å². The summed E-state index contributed by atoms with van der Waals surface area (Å²) in [6.45, 7) is 0. The maximum Gasteiger partial charge on any atom is 0.160 e. The summed E-state index contributed by atoms with van der Waals surface area (Å²) in [6.07, 6.45) is 3.60. The van der Waals surface area contributed by atoms with Gasteiger partial charge in [-0.15, -0.1) is 0 Å². The van der Waals surface area contributed by atoms with Crippen molar-refractivity contribution in [2.24, 2.45) is 0 Å². The van der Waals surface area contributed by atoms with Gasteiger partial charge in [-0.1, -0.05) is 18.2 Å². The van der Waals surface area contributed by atoms with Gasteiger partial charge in [0.05, 0.1) is 11.2 Å². The molecular formula is C15H9N3. The molecular weight excluding hydrogens is 222 g/mol. The smallest absolute Gasteiger partial charge is 0.160 e.